The molecule has 2 nitrogen and oxygen atoms in total. The molecule has 3 heteroatoms. The Balaban J connectivity index is -0.000000256. The van der Waals surface area contributed by atoms with Crippen LogP contribution in [0.5, 0.6) is 0 Å². The summed E-state index contributed by atoms with van der Waals surface area (Å²) < 4.78 is 0. The Morgan fingerprint density at radius 3 is 1.16 bits per heavy atom. The minimum atomic E-state index is -0.346. The molecule has 2 atom stereocenters. The molecule has 0 spiro atoms. The normalized spacial score (nSPS) is 12.9. The van der Waals surface area contributed by atoms with Gasteiger partial charge in [0.15, 0.2) is 0 Å². The van der Waals surface area contributed by atoms with Crippen LogP contribution in [0.1, 0.15) is 91.9 Å². The van der Waals surface area contributed by atoms with E-state index in [1.54, 1.807) is 13.8 Å². The maximum atomic E-state index is 10.5. The molecule has 0 aromatic heterocycles. The van der Waals surface area contributed by atoms with E-state index in [2.05, 4.69) is 13.8 Å². The van der Waals surface area contributed by atoms with Crippen molar-refractivity contribution in [3.63, 3.8) is 0 Å². The van der Waals surface area contributed by atoms with Crippen molar-refractivity contribution in [1.29, 1.82) is 0 Å². The van der Waals surface area contributed by atoms with Gasteiger partial charge in [-0.05, 0) is 0 Å². The van der Waals surface area contributed by atoms with Crippen molar-refractivity contribution in [2.45, 2.75) is 104 Å². The summed E-state index contributed by atoms with van der Waals surface area (Å²) in [5, 5.41) is 21.0. The molecule has 0 fully saturated rings. The zero-order valence-electron chi connectivity index (χ0n) is 13.7. The first-order valence-corrected chi connectivity index (χ1v) is 7.86. The van der Waals surface area contributed by atoms with Gasteiger partial charge in [-0.3, -0.25) is 0 Å². The van der Waals surface area contributed by atoms with E-state index in [1.165, 1.54) is 38.5 Å². The Labute approximate surface area is 137 Å². The molecule has 0 heterocycles. The number of hydrogen-bond donors (Lipinski definition) is 0. The Morgan fingerprint density at radius 1 is 0.632 bits per heavy atom. The van der Waals surface area contributed by atoms with Crippen molar-refractivity contribution in [3.8, 4) is 0 Å². The van der Waals surface area contributed by atoms with Gasteiger partial charge in [0, 0.05) is 0 Å². The zero-order chi connectivity index (χ0) is 14.2. The SMILES string of the molecule is CCCCCCC(C)[O-].CCCCCCC(C)[O-].[Mg+2]. The van der Waals surface area contributed by atoms with Gasteiger partial charge in [0.05, 0.1) is 0 Å². The summed E-state index contributed by atoms with van der Waals surface area (Å²) in [4.78, 5) is 0. The van der Waals surface area contributed by atoms with Gasteiger partial charge in [0.25, 0.3) is 0 Å². The molecule has 19 heavy (non-hydrogen) atoms. The monoisotopic (exact) mass is 282 g/mol. The van der Waals surface area contributed by atoms with Crippen LogP contribution < -0.4 is 10.2 Å². The van der Waals surface area contributed by atoms with Gasteiger partial charge in [-0.1, -0.05) is 91.9 Å². The second kappa shape index (κ2) is 21.0. The van der Waals surface area contributed by atoms with E-state index in [-0.39, 0.29) is 35.3 Å². The van der Waals surface area contributed by atoms with Crippen molar-refractivity contribution >= 4 is 23.1 Å². The van der Waals surface area contributed by atoms with E-state index in [0.717, 1.165) is 25.7 Å². The fourth-order valence-electron chi connectivity index (χ4n) is 1.72. The van der Waals surface area contributed by atoms with Gasteiger partial charge in [0.2, 0.25) is 0 Å². The molecule has 0 aromatic carbocycles. The molecule has 0 bridgehead atoms. The summed E-state index contributed by atoms with van der Waals surface area (Å²) in [6.07, 6.45) is 10.8. The molecular formula is C16H34MgO2. The molecule has 0 N–H and O–H groups in total. The molecule has 112 valence electrons. The van der Waals surface area contributed by atoms with Crippen LogP contribution >= 0.6 is 0 Å². The van der Waals surface area contributed by atoms with Crippen LogP contribution in [0.15, 0.2) is 0 Å². The standard InChI is InChI=1S/2C8H17O.Mg/c2*1-3-4-5-6-7-8(2)9;/h2*8H,3-7H2,1-2H3;/q2*-1;+2. The fraction of sp³-hybridized carbons (Fsp3) is 1.00. The van der Waals surface area contributed by atoms with E-state index >= 15 is 0 Å². The second-order valence-electron chi connectivity index (χ2n) is 5.32. The molecule has 0 aliphatic rings. The molecule has 0 aromatic rings. The average Bonchev–Trinajstić information content (AvgIpc) is 2.31. The van der Waals surface area contributed by atoms with Crippen molar-refractivity contribution in [2.24, 2.45) is 0 Å². The summed E-state index contributed by atoms with van der Waals surface area (Å²) in [7, 11) is 0. The Bertz CT molecular complexity index is 123. The average molecular weight is 283 g/mol. The summed E-state index contributed by atoms with van der Waals surface area (Å²) in [5.41, 5.74) is 0. The van der Waals surface area contributed by atoms with Crippen molar-refractivity contribution in [2.75, 3.05) is 0 Å². The first-order chi connectivity index (χ1) is 8.54. The summed E-state index contributed by atoms with van der Waals surface area (Å²) in [6.45, 7) is 7.85. The van der Waals surface area contributed by atoms with Crippen molar-refractivity contribution in [1.82, 2.24) is 0 Å². The van der Waals surface area contributed by atoms with E-state index in [1.807, 2.05) is 0 Å². The first-order valence-electron chi connectivity index (χ1n) is 7.86. The Morgan fingerprint density at radius 2 is 0.947 bits per heavy atom. The van der Waals surface area contributed by atoms with Gasteiger partial charge in [-0.25, -0.2) is 0 Å². The first kappa shape index (κ1) is 24.7. The molecule has 2 unspecified atom stereocenters. The van der Waals surface area contributed by atoms with Crippen LogP contribution in [0.3, 0.4) is 0 Å². The van der Waals surface area contributed by atoms with Gasteiger partial charge < -0.3 is 10.2 Å². The van der Waals surface area contributed by atoms with Crippen LogP contribution in [0.2, 0.25) is 0 Å². The smallest absolute Gasteiger partial charge is 0.852 e. The van der Waals surface area contributed by atoms with Crippen LogP contribution in [-0.4, -0.2) is 35.3 Å². The predicted octanol–water partition coefficient (Wildman–Crippen LogP) is 3.03. The van der Waals surface area contributed by atoms with Crippen LogP contribution in [0.25, 0.3) is 0 Å². The molecule has 0 saturated carbocycles. The third kappa shape index (κ3) is 32.3. The number of rotatable bonds is 10. The Hall–Kier alpha value is 0.686. The van der Waals surface area contributed by atoms with Gasteiger partial charge in [-0.15, -0.1) is 12.2 Å². The number of unbranched alkanes of at least 4 members (excludes halogenated alkanes) is 6. The zero-order valence-corrected chi connectivity index (χ0v) is 15.2. The van der Waals surface area contributed by atoms with E-state index < -0.39 is 0 Å². The van der Waals surface area contributed by atoms with Gasteiger partial charge >= 0.3 is 23.1 Å². The second-order valence-corrected chi connectivity index (χ2v) is 5.32. The molecule has 0 aliphatic carbocycles. The maximum absolute atomic E-state index is 10.5. The largest absolute Gasteiger partial charge is 2.00 e. The molecule has 0 saturated heterocycles. The van der Waals surface area contributed by atoms with E-state index in [9.17, 15) is 10.2 Å². The van der Waals surface area contributed by atoms with Crippen LogP contribution in [-0.2, 0) is 0 Å². The molecule has 0 aliphatic heterocycles. The summed E-state index contributed by atoms with van der Waals surface area (Å²) in [6, 6.07) is 0. The van der Waals surface area contributed by atoms with Crippen molar-refractivity contribution < 1.29 is 10.2 Å². The molecule has 0 rings (SSSR count). The minimum Gasteiger partial charge on any atom is -0.852 e. The topological polar surface area (TPSA) is 46.1 Å². The third-order valence-corrected chi connectivity index (χ3v) is 2.93. The number of hydrogen-bond acceptors (Lipinski definition) is 2. The van der Waals surface area contributed by atoms with E-state index in [4.69, 9.17) is 0 Å². The van der Waals surface area contributed by atoms with Gasteiger partial charge in [-0.2, -0.15) is 0 Å². The molecule has 0 radical (unpaired) electrons. The summed E-state index contributed by atoms with van der Waals surface area (Å²) >= 11 is 0. The maximum Gasteiger partial charge on any atom is 2.00 e. The van der Waals surface area contributed by atoms with E-state index in [0.29, 0.717) is 0 Å². The summed E-state index contributed by atoms with van der Waals surface area (Å²) in [5.74, 6) is 0. The van der Waals surface area contributed by atoms with Crippen molar-refractivity contribution in [3.05, 3.63) is 0 Å². The van der Waals surface area contributed by atoms with Crippen LogP contribution in [0.4, 0.5) is 0 Å². The Kier molecular flexibility index (Phi) is 27.3. The minimum absolute atomic E-state index is 0. The fourth-order valence-corrected chi connectivity index (χ4v) is 1.72. The van der Waals surface area contributed by atoms with Crippen LogP contribution in [0, 0.1) is 0 Å². The molecular weight excluding hydrogens is 248 g/mol. The quantitative estimate of drug-likeness (QED) is 0.457. The third-order valence-electron chi connectivity index (χ3n) is 2.93. The molecule has 0 amide bonds. The van der Waals surface area contributed by atoms with Gasteiger partial charge in [0.1, 0.15) is 0 Å². The predicted molar refractivity (Wildman–Crippen MR) is 82.2 cm³/mol.